The number of rotatable bonds is 5. The van der Waals surface area contributed by atoms with Gasteiger partial charge in [0, 0.05) is 36.0 Å². The van der Waals surface area contributed by atoms with Crippen LogP contribution < -0.4 is 5.32 Å². The molecule has 1 amide bonds. The second kappa shape index (κ2) is 7.58. The molecule has 1 saturated heterocycles. The van der Waals surface area contributed by atoms with Crippen LogP contribution in [-0.4, -0.2) is 59.4 Å². The fourth-order valence-electron chi connectivity index (χ4n) is 3.83. The van der Waals surface area contributed by atoms with Crippen LogP contribution in [0.15, 0.2) is 47.4 Å². The van der Waals surface area contributed by atoms with E-state index in [1.807, 2.05) is 42.1 Å². The minimum absolute atomic E-state index is 0.0274. The number of nitrogens with zero attached hydrogens (tertiary/aromatic N) is 2. The summed E-state index contributed by atoms with van der Waals surface area (Å²) >= 11 is 1.85. The Morgan fingerprint density at radius 2 is 2.04 bits per heavy atom. The number of ether oxygens (including phenoxy) is 1. The van der Waals surface area contributed by atoms with Gasteiger partial charge in [-0.25, -0.2) is 4.98 Å². The predicted molar refractivity (Wildman–Crippen MR) is 111 cm³/mol. The molecule has 1 fully saturated rings. The van der Waals surface area contributed by atoms with Crippen LogP contribution in [0.25, 0.3) is 11.0 Å². The molecule has 0 spiro atoms. The number of amides is 1. The maximum atomic E-state index is 12.5. The Morgan fingerprint density at radius 1 is 1.18 bits per heavy atom. The number of anilines is 1. The SMILES string of the molecule is O=C1Nc2ccccc2C1c1nc2ccc(SCCN3CCOCC3)cc2[nH]1. The van der Waals surface area contributed by atoms with Crippen LogP contribution in [0, 0.1) is 0 Å². The van der Waals surface area contributed by atoms with Crippen molar-refractivity contribution >= 4 is 34.4 Å². The van der Waals surface area contributed by atoms with Gasteiger partial charge in [0.15, 0.2) is 0 Å². The van der Waals surface area contributed by atoms with Crippen LogP contribution in [-0.2, 0) is 9.53 Å². The Bertz CT molecular complexity index is 1010. The van der Waals surface area contributed by atoms with Gasteiger partial charge in [0.2, 0.25) is 5.91 Å². The van der Waals surface area contributed by atoms with Crippen molar-refractivity contribution in [1.82, 2.24) is 14.9 Å². The maximum absolute atomic E-state index is 12.5. The van der Waals surface area contributed by atoms with Gasteiger partial charge >= 0.3 is 0 Å². The zero-order valence-corrected chi connectivity index (χ0v) is 16.3. The first-order chi connectivity index (χ1) is 13.8. The van der Waals surface area contributed by atoms with Gasteiger partial charge in [0.1, 0.15) is 11.7 Å². The zero-order valence-electron chi connectivity index (χ0n) is 15.5. The average Bonchev–Trinajstić information content (AvgIpc) is 3.27. The monoisotopic (exact) mass is 394 g/mol. The quantitative estimate of drug-likeness (QED) is 0.651. The molecule has 0 saturated carbocycles. The number of nitrogens with one attached hydrogen (secondary N) is 2. The lowest BCUT2D eigenvalue weighted by Crippen LogP contribution is -2.37. The third-order valence-corrected chi connectivity index (χ3v) is 6.29. The van der Waals surface area contributed by atoms with Gasteiger partial charge < -0.3 is 15.0 Å². The number of imidazole rings is 1. The van der Waals surface area contributed by atoms with E-state index in [0.717, 1.165) is 60.9 Å². The van der Waals surface area contributed by atoms with E-state index in [-0.39, 0.29) is 11.8 Å². The van der Waals surface area contributed by atoms with Crippen LogP contribution in [0.2, 0.25) is 0 Å². The highest BCUT2D eigenvalue weighted by molar-refractivity contribution is 7.99. The summed E-state index contributed by atoms with van der Waals surface area (Å²) in [6.07, 6.45) is 0. The number of carbonyl (C=O) groups excluding carboxylic acids is 1. The van der Waals surface area contributed by atoms with Crippen LogP contribution in [0.3, 0.4) is 0 Å². The molecular weight excluding hydrogens is 372 g/mol. The van der Waals surface area contributed by atoms with E-state index in [1.54, 1.807) is 0 Å². The van der Waals surface area contributed by atoms with E-state index in [1.165, 1.54) is 4.90 Å². The van der Waals surface area contributed by atoms with Gasteiger partial charge in [-0.05, 0) is 29.8 Å². The second-order valence-electron chi connectivity index (χ2n) is 7.11. The van der Waals surface area contributed by atoms with Crippen molar-refractivity contribution in [2.45, 2.75) is 10.8 Å². The molecule has 3 aromatic rings. The minimum Gasteiger partial charge on any atom is -0.379 e. The van der Waals surface area contributed by atoms with Crippen molar-refractivity contribution in [2.75, 3.05) is 43.9 Å². The summed E-state index contributed by atoms with van der Waals surface area (Å²) in [7, 11) is 0. The standard InChI is InChI=1S/C21H22N4O2S/c26-21-19(15-3-1-2-4-16(15)24-21)20-22-17-6-5-14(13-18(17)23-20)28-12-9-25-7-10-27-11-8-25/h1-6,13,19H,7-12H2,(H,22,23)(H,24,26). The molecule has 5 rings (SSSR count). The molecule has 2 aliphatic rings. The number of aromatic amines is 1. The number of hydrogen-bond donors (Lipinski definition) is 2. The summed E-state index contributed by atoms with van der Waals surface area (Å²) in [5.74, 6) is 1.35. The molecule has 3 heterocycles. The van der Waals surface area contributed by atoms with E-state index in [2.05, 4.69) is 27.3 Å². The number of thioether (sulfide) groups is 1. The molecule has 6 nitrogen and oxygen atoms in total. The molecule has 144 valence electrons. The highest BCUT2D eigenvalue weighted by Gasteiger charge is 2.33. The zero-order chi connectivity index (χ0) is 18.9. The minimum atomic E-state index is -0.374. The van der Waals surface area contributed by atoms with Crippen molar-refractivity contribution in [3.63, 3.8) is 0 Å². The first-order valence-electron chi connectivity index (χ1n) is 9.60. The molecule has 1 unspecified atom stereocenters. The molecule has 0 bridgehead atoms. The summed E-state index contributed by atoms with van der Waals surface area (Å²) in [6.45, 7) is 4.79. The van der Waals surface area contributed by atoms with Gasteiger partial charge in [0.25, 0.3) is 0 Å². The summed E-state index contributed by atoms with van der Waals surface area (Å²) in [5.41, 5.74) is 3.72. The highest BCUT2D eigenvalue weighted by atomic mass is 32.2. The van der Waals surface area contributed by atoms with Gasteiger partial charge in [-0.2, -0.15) is 0 Å². The van der Waals surface area contributed by atoms with Crippen LogP contribution >= 0.6 is 11.8 Å². The lowest BCUT2D eigenvalue weighted by molar-refractivity contribution is -0.116. The molecule has 0 aliphatic carbocycles. The van der Waals surface area contributed by atoms with Crippen molar-refractivity contribution in [3.8, 4) is 0 Å². The third-order valence-electron chi connectivity index (χ3n) is 5.32. The fourth-order valence-corrected chi connectivity index (χ4v) is 4.78. The average molecular weight is 395 g/mol. The number of carbonyl (C=O) groups is 1. The van der Waals surface area contributed by atoms with Gasteiger partial charge in [-0.15, -0.1) is 11.8 Å². The number of fused-ring (bicyclic) bond motifs is 2. The van der Waals surface area contributed by atoms with Crippen LogP contribution in [0.4, 0.5) is 5.69 Å². The molecule has 2 aromatic carbocycles. The van der Waals surface area contributed by atoms with Crippen molar-refractivity contribution in [1.29, 1.82) is 0 Å². The number of benzene rings is 2. The van der Waals surface area contributed by atoms with E-state index < -0.39 is 0 Å². The van der Waals surface area contributed by atoms with Gasteiger partial charge in [-0.1, -0.05) is 18.2 Å². The van der Waals surface area contributed by atoms with E-state index >= 15 is 0 Å². The second-order valence-corrected chi connectivity index (χ2v) is 8.28. The number of para-hydroxylation sites is 1. The normalized spacial score (nSPS) is 19.7. The first kappa shape index (κ1) is 17.7. The Labute approximate surface area is 167 Å². The van der Waals surface area contributed by atoms with Gasteiger partial charge in [0.05, 0.1) is 24.2 Å². The number of H-pyrrole nitrogens is 1. The van der Waals surface area contributed by atoms with Crippen molar-refractivity contribution in [3.05, 3.63) is 53.9 Å². The maximum Gasteiger partial charge on any atom is 0.239 e. The largest absolute Gasteiger partial charge is 0.379 e. The van der Waals surface area contributed by atoms with Crippen molar-refractivity contribution in [2.24, 2.45) is 0 Å². The van der Waals surface area contributed by atoms with E-state index in [9.17, 15) is 4.79 Å². The summed E-state index contributed by atoms with van der Waals surface area (Å²) in [5, 5.41) is 2.94. The Hall–Kier alpha value is -2.35. The molecule has 1 atom stereocenters. The lowest BCUT2D eigenvalue weighted by Gasteiger charge is -2.26. The number of hydrogen-bond acceptors (Lipinski definition) is 5. The fraction of sp³-hybridized carbons (Fsp3) is 0.333. The van der Waals surface area contributed by atoms with Gasteiger partial charge in [-0.3, -0.25) is 9.69 Å². The first-order valence-corrected chi connectivity index (χ1v) is 10.6. The summed E-state index contributed by atoms with van der Waals surface area (Å²) in [4.78, 5) is 24.2. The number of aromatic nitrogens is 2. The molecule has 2 N–H and O–H groups in total. The van der Waals surface area contributed by atoms with E-state index in [4.69, 9.17) is 9.72 Å². The Morgan fingerprint density at radius 3 is 2.93 bits per heavy atom. The highest BCUT2D eigenvalue weighted by Crippen LogP contribution is 2.36. The summed E-state index contributed by atoms with van der Waals surface area (Å²) in [6, 6.07) is 14.1. The lowest BCUT2D eigenvalue weighted by atomic mass is 10.0. The molecule has 1 aromatic heterocycles. The van der Waals surface area contributed by atoms with E-state index in [0.29, 0.717) is 5.82 Å². The van der Waals surface area contributed by atoms with Crippen LogP contribution in [0.5, 0.6) is 0 Å². The smallest absolute Gasteiger partial charge is 0.239 e. The number of morpholine rings is 1. The predicted octanol–water partition coefficient (Wildman–Crippen LogP) is 3.07. The van der Waals surface area contributed by atoms with Crippen LogP contribution in [0.1, 0.15) is 17.3 Å². The van der Waals surface area contributed by atoms with Crippen molar-refractivity contribution < 1.29 is 9.53 Å². The third kappa shape index (κ3) is 3.41. The molecule has 28 heavy (non-hydrogen) atoms. The molecule has 2 aliphatic heterocycles. The molecule has 7 heteroatoms. The Kier molecular flexibility index (Phi) is 4.80. The molecule has 0 radical (unpaired) electrons. The summed E-state index contributed by atoms with van der Waals surface area (Å²) < 4.78 is 5.40. The Balaban J connectivity index is 1.32. The molecular formula is C21H22N4O2S. The topological polar surface area (TPSA) is 70.2 Å².